The Balaban J connectivity index is 5.23. The highest BCUT2D eigenvalue weighted by atomic mass is 31.2. The predicted octanol–water partition coefficient (Wildman–Crippen LogP) is 17.8. The third kappa shape index (κ3) is 57.8. The van der Waals surface area contributed by atoms with E-state index in [1.807, 2.05) is 0 Å². The van der Waals surface area contributed by atoms with Gasteiger partial charge in [0.25, 0.3) is 0 Å². The van der Waals surface area contributed by atoms with Crippen LogP contribution in [0.2, 0.25) is 0 Å². The molecule has 0 heterocycles. The molecule has 3 N–H and O–H groups in total. The Morgan fingerprint density at radius 1 is 0.333 bits per heavy atom. The molecule has 19 heteroatoms. The van der Waals surface area contributed by atoms with Crippen molar-refractivity contribution in [1.29, 1.82) is 0 Å². The number of phosphoric ester groups is 2. The average molecular weight is 1240 g/mol. The third-order valence-electron chi connectivity index (χ3n) is 15.2. The number of hydrogen-bond donors (Lipinski definition) is 3. The topological polar surface area (TPSA) is 237 Å². The molecule has 17 nitrogen and oxygen atoms in total. The van der Waals surface area contributed by atoms with Crippen molar-refractivity contribution in [3.63, 3.8) is 0 Å². The van der Waals surface area contributed by atoms with Crippen LogP contribution in [0.1, 0.15) is 312 Å². The lowest BCUT2D eigenvalue weighted by Crippen LogP contribution is -2.30. The Kier molecular flexibility index (Phi) is 53.9. The fraction of sp³-hybridized carbons (Fsp3) is 0.938. The van der Waals surface area contributed by atoms with Gasteiger partial charge in [-0.1, -0.05) is 261 Å². The molecule has 0 spiro atoms. The first-order valence-electron chi connectivity index (χ1n) is 33.7. The van der Waals surface area contributed by atoms with Gasteiger partial charge in [-0.3, -0.25) is 37.3 Å². The van der Waals surface area contributed by atoms with E-state index in [0.717, 1.165) is 108 Å². The Morgan fingerprint density at radius 3 is 0.845 bits per heavy atom. The molecule has 0 aliphatic heterocycles. The van der Waals surface area contributed by atoms with Crippen LogP contribution in [0.4, 0.5) is 0 Å². The van der Waals surface area contributed by atoms with E-state index in [0.29, 0.717) is 37.5 Å². The van der Waals surface area contributed by atoms with Gasteiger partial charge in [-0.15, -0.1) is 0 Å². The molecule has 498 valence electrons. The number of hydrogen-bond acceptors (Lipinski definition) is 15. The van der Waals surface area contributed by atoms with E-state index in [9.17, 15) is 43.2 Å². The molecular formula is C65H126O17P2. The average Bonchev–Trinajstić information content (AvgIpc) is 3.47. The lowest BCUT2D eigenvalue weighted by molar-refractivity contribution is -0.161. The summed E-state index contributed by atoms with van der Waals surface area (Å²) >= 11 is 0. The van der Waals surface area contributed by atoms with Crippen LogP contribution < -0.4 is 0 Å². The van der Waals surface area contributed by atoms with Crippen LogP contribution in [-0.2, 0) is 65.4 Å². The summed E-state index contributed by atoms with van der Waals surface area (Å²) in [6, 6.07) is 0. The Bertz CT molecular complexity index is 1680. The van der Waals surface area contributed by atoms with Crippen LogP contribution in [0, 0.1) is 23.7 Å². The minimum atomic E-state index is -4.95. The van der Waals surface area contributed by atoms with Gasteiger partial charge in [0.1, 0.15) is 19.3 Å². The van der Waals surface area contributed by atoms with Crippen molar-refractivity contribution in [3.05, 3.63) is 0 Å². The molecule has 0 aromatic rings. The maximum Gasteiger partial charge on any atom is 0.472 e. The summed E-state index contributed by atoms with van der Waals surface area (Å²) in [4.78, 5) is 72.2. The molecule has 0 aromatic carbocycles. The van der Waals surface area contributed by atoms with E-state index in [4.69, 9.17) is 37.0 Å². The van der Waals surface area contributed by atoms with Crippen LogP contribution in [0.3, 0.4) is 0 Å². The van der Waals surface area contributed by atoms with Crippen molar-refractivity contribution >= 4 is 39.5 Å². The second-order valence-electron chi connectivity index (χ2n) is 25.2. The largest absolute Gasteiger partial charge is 0.472 e. The Labute approximate surface area is 511 Å². The van der Waals surface area contributed by atoms with Gasteiger partial charge in [0, 0.05) is 25.7 Å². The smallest absolute Gasteiger partial charge is 0.462 e. The van der Waals surface area contributed by atoms with Gasteiger partial charge in [0.15, 0.2) is 12.2 Å². The number of unbranched alkanes of at least 4 members (excludes halogenated alkanes) is 27. The highest BCUT2D eigenvalue weighted by Gasteiger charge is 2.30. The molecule has 0 aliphatic rings. The van der Waals surface area contributed by atoms with Crippen molar-refractivity contribution in [3.8, 4) is 0 Å². The number of aliphatic hydroxyl groups excluding tert-OH is 1. The quantitative estimate of drug-likeness (QED) is 0.0222. The zero-order chi connectivity index (χ0) is 62.5. The van der Waals surface area contributed by atoms with Crippen LogP contribution in [0.5, 0.6) is 0 Å². The van der Waals surface area contributed by atoms with E-state index in [2.05, 4.69) is 55.4 Å². The number of carbonyl (C=O) groups excluding carboxylic acids is 4. The van der Waals surface area contributed by atoms with Gasteiger partial charge in [0.2, 0.25) is 0 Å². The SMILES string of the molecule is CCC(C)CCCCCCCCCCCCC(=O)OC[C@H](COP(=O)(O)OCC(O)COP(=O)(O)OC[C@@H](COC(=O)CCCCCCCCCC(C)C)OC(=O)CCCCCCCCCCC(C)C)OC(=O)CCCCCCCCC(C)C. The van der Waals surface area contributed by atoms with Crippen molar-refractivity contribution in [2.45, 2.75) is 331 Å². The van der Waals surface area contributed by atoms with Crippen molar-refractivity contribution in [2.75, 3.05) is 39.6 Å². The Hall–Kier alpha value is -1.94. The summed E-state index contributed by atoms with van der Waals surface area (Å²) < 4.78 is 68.0. The molecule has 0 aromatic heterocycles. The van der Waals surface area contributed by atoms with Crippen molar-refractivity contribution < 1.29 is 80.2 Å². The van der Waals surface area contributed by atoms with Gasteiger partial charge >= 0.3 is 39.5 Å². The normalized spacial score (nSPS) is 14.7. The third-order valence-corrected chi connectivity index (χ3v) is 17.1. The van der Waals surface area contributed by atoms with Crippen LogP contribution >= 0.6 is 15.6 Å². The number of ether oxygens (including phenoxy) is 4. The summed E-state index contributed by atoms with van der Waals surface area (Å²) in [6.07, 6.45) is 35.1. The molecule has 0 radical (unpaired) electrons. The lowest BCUT2D eigenvalue weighted by atomic mass is 9.99. The summed E-state index contributed by atoms with van der Waals surface area (Å²) in [5, 5.41) is 10.5. The molecule has 0 amide bonds. The first-order chi connectivity index (χ1) is 40.1. The highest BCUT2D eigenvalue weighted by Crippen LogP contribution is 2.45. The van der Waals surface area contributed by atoms with E-state index in [1.54, 1.807) is 0 Å². The van der Waals surface area contributed by atoms with E-state index < -0.39 is 97.5 Å². The van der Waals surface area contributed by atoms with Gasteiger partial charge in [0.05, 0.1) is 26.4 Å². The zero-order valence-electron chi connectivity index (χ0n) is 54.5. The fourth-order valence-electron chi connectivity index (χ4n) is 9.57. The maximum atomic E-state index is 13.0. The molecule has 6 atom stereocenters. The molecule has 0 fully saturated rings. The molecule has 0 aliphatic carbocycles. The highest BCUT2D eigenvalue weighted by molar-refractivity contribution is 7.47. The lowest BCUT2D eigenvalue weighted by Gasteiger charge is -2.21. The van der Waals surface area contributed by atoms with E-state index >= 15 is 0 Å². The van der Waals surface area contributed by atoms with Gasteiger partial charge in [-0.05, 0) is 49.4 Å². The molecule has 0 bridgehead atoms. The molecule has 0 rings (SSSR count). The first kappa shape index (κ1) is 82.1. The minimum absolute atomic E-state index is 0.101. The zero-order valence-corrected chi connectivity index (χ0v) is 56.3. The van der Waals surface area contributed by atoms with E-state index in [-0.39, 0.29) is 25.7 Å². The van der Waals surface area contributed by atoms with E-state index in [1.165, 1.54) is 109 Å². The maximum absolute atomic E-state index is 13.0. The number of esters is 4. The molecule has 84 heavy (non-hydrogen) atoms. The number of rotatable bonds is 62. The van der Waals surface area contributed by atoms with Gasteiger partial charge < -0.3 is 33.8 Å². The number of phosphoric acid groups is 2. The second kappa shape index (κ2) is 55.2. The molecule has 4 unspecified atom stereocenters. The predicted molar refractivity (Wildman–Crippen MR) is 335 cm³/mol. The summed E-state index contributed by atoms with van der Waals surface area (Å²) in [7, 11) is -9.89. The monoisotopic (exact) mass is 1240 g/mol. The summed E-state index contributed by atoms with van der Waals surface area (Å²) in [6.45, 7) is 13.9. The summed E-state index contributed by atoms with van der Waals surface area (Å²) in [5.41, 5.74) is 0. The van der Waals surface area contributed by atoms with Crippen LogP contribution in [0.15, 0.2) is 0 Å². The van der Waals surface area contributed by atoms with Crippen molar-refractivity contribution in [2.24, 2.45) is 23.7 Å². The number of carbonyl (C=O) groups is 4. The van der Waals surface area contributed by atoms with Gasteiger partial charge in [-0.2, -0.15) is 0 Å². The van der Waals surface area contributed by atoms with Crippen LogP contribution in [0.25, 0.3) is 0 Å². The molecule has 0 saturated carbocycles. The van der Waals surface area contributed by atoms with Crippen LogP contribution in [-0.4, -0.2) is 96.7 Å². The fourth-order valence-corrected chi connectivity index (χ4v) is 11.2. The molecule has 0 saturated heterocycles. The summed E-state index contributed by atoms with van der Waals surface area (Å²) in [5.74, 6) is 0.760. The second-order valence-corrected chi connectivity index (χ2v) is 28.1. The number of aliphatic hydroxyl groups is 1. The molecular weight excluding hydrogens is 1110 g/mol. The minimum Gasteiger partial charge on any atom is -0.462 e. The van der Waals surface area contributed by atoms with Gasteiger partial charge in [-0.25, -0.2) is 9.13 Å². The Morgan fingerprint density at radius 2 is 0.571 bits per heavy atom. The standard InChI is InChI=1S/C65H126O17P2/c1-9-58(8)44-36-28-19-12-10-11-13-20-29-37-45-62(67)75-52-61(82-65(70)48-40-32-24-23-27-35-43-57(6)7)54-80-84(73,74)78-50-59(66)49-77-83(71,72)79-53-60(51-76-63(68)46-38-30-22-16-18-26-34-42-56(4)5)81-64(69)47-39-31-21-15-14-17-25-33-41-55(2)3/h55-61,66H,9-54H2,1-8H3,(H,71,72)(H,73,74)/t58?,59?,60-,61-/m1/s1. The first-order valence-corrected chi connectivity index (χ1v) is 36.7. The van der Waals surface area contributed by atoms with Crippen molar-refractivity contribution in [1.82, 2.24) is 0 Å².